The maximum Gasteiger partial charge on any atom is 0.361 e. The van der Waals surface area contributed by atoms with E-state index in [4.69, 9.17) is 21.2 Å². The van der Waals surface area contributed by atoms with Crippen LogP contribution < -0.4 is 0 Å². The third-order valence-corrected chi connectivity index (χ3v) is 3.31. The van der Waals surface area contributed by atoms with E-state index in [2.05, 4.69) is 5.16 Å². The Morgan fingerprint density at radius 2 is 1.95 bits per heavy atom. The van der Waals surface area contributed by atoms with Crippen LogP contribution in [0.15, 0.2) is 29.4 Å². The van der Waals surface area contributed by atoms with Gasteiger partial charge in [0, 0.05) is 11.4 Å². The number of halogens is 1. The van der Waals surface area contributed by atoms with Crippen LogP contribution in [0.25, 0.3) is 0 Å². The van der Waals surface area contributed by atoms with Gasteiger partial charge in [-0.1, -0.05) is 43.3 Å². The van der Waals surface area contributed by atoms with Crippen molar-refractivity contribution in [1.29, 1.82) is 0 Å². The molecule has 1 unspecified atom stereocenters. The van der Waals surface area contributed by atoms with Crippen molar-refractivity contribution in [2.24, 2.45) is 11.1 Å². The molecule has 0 radical (unpaired) electrons. The Morgan fingerprint density at radius 3 is 2.50 bits per heavy atom. The highest BCUT2D eigenvalue weighted by Crippen LogP contribution is 2.15. The van der Waals surface area contributed by atoms with Gasteiger partial charge in [0.1, 0.15) is 13.2 Å². The van der Waals surface area contributed by atoms with Gasteiger partial charge in [0.2, 0.25) is 0 Å². The van der Waals surface area contributed by atoms with Crippen LogP contribution >= 0.6 is 11.6 Å². The molecular weight excluding hydrogens is 278 g/mol. The van der Waals surface area contributed by atoms with Crippen LogP contribution in [-0.2, 0) is 20.2 Å². The molecule has 4 nitrogen and oxygen atoms in total. The van der Waals surface area contributed by atoms with Crippen LogP contribution in [0.3, 0.4) is 0 Å². The average Bonchev–Trinajstić information content (AvgIpc) is 2.44. The minimum atomic E-state index is -0.509. The lowest BCUT2D eigenvalue weighted by Gasteiger charge is -2.17. The van der Waals surface area contributed by atoms with Crippen LogP contribution in [0.2, 0.25) is 0 Å². The Labute approximate surface area is 124 Å². The second-order valence-electron chi connectivity index (χ2n) is 4.77. The number of ether oxygens (including phenoxy) is 1. The van der Waals surface area contributed by atoms with Gasteiger partial charge in [0.05, 0.1) is 0 Å². The average molecular weight is 298 g/mol. The first-order valence-corrected chi connectivity index (χ1v) is 7.01. The topological polar surface area (TPSA) is 47.9 Å². The van der Waals surface area contributed by atoms with Crippen LogP contribution in [0, 0.1) is 5.92 Å². The molecule has 0 aromatic heterocycles. The zero-order valence-corrected chi connectivity index (χ0v) is 13.0. The first kappa shape index (κ1) is 16.5. The van der Waals surface area contributed by atoms with E-state index in [1.165, 1.54) is 7.11 Å². The van der Waals surface area contributed by atoms with E-state index in [1.54, 1.807) is 6.07 Å². The van der Waals surface area contributed by atoms with Gasteiger partial charge in [-0.05, 0) is 18.4 Å². The van der Waals surface area contributed by atoms with E-state index in [0.717, 1.165) is 5.56 Å². The van der Waals surface area contributed by atoms with Crippen LogP contribution in [-0.4, -0.2) is 24.9 Å². The normalized spacial score (nSPS) is 13.2. The van der Waals surface area contributed by atoms with Crippen molar-refractivity contribution in [2.45, 2.75) is 32.8 Å². The largest absolute Gasteiger partial charge is 0.458 e. The van der Waals surface area contributed by atoms with Gasteiger partial charge < -0.3 is 9.57 Å². The minimum absolute atomic E-state index is 0.135. The summed E-state index contributed by atoms with van der Waals surface area (Å²) in [6, 6.07) is 7.28. The van der Waals surface area contributed by atoms with Gasteiger partial charge in [-0.3, -0.25) is 0 Å². The lowest BCUT2D eigenvalue weighted by Crippen LogP contribution is -2.27. The Kier molecular flexibility index (Phi) is 6.52. The number of carbonyl (C=O) groups excluding carboxylic acids is 1. The van der Waals surface area contributed by atoms with Gasteiger partial charge in [-0.15, -0.1) is 11.6 Å². The summed E-state index contributed by atoms with van der Waals surface area (Å²) in [6.45, 7) is 5.82. The molecule has 0 N–H and O–H groups in total. The molecule has 0 saturated heterocycles. The molecule has 0 aliphatic rings. The fraction of sp³-hybridized carbons (Fsp3) is 0.467. The smallest absolute Gasteiger partial charge is 0.361 e. The van der Waals surface area contributed by atoms with E-state index < -0.39 is 5.97 Å². The van der Waals surface area contributed by atoms with Gasteiger partial charge in [-0.25, -0.2) is 4.79 Å². The highest BCUT2D eigenvalue weighted by molar-refractivity contribution is 6.43. The van der Waals surface area contributed by atoms with Gasteiger partial charge in [-0.2, -0.15) is 0 Å². The molecule has 1 aromatic carbocycles. The van der Waals surface area contributed by atoms with Crippen molar-refractivity contribution >= 4 is 23.3 Å². The monoisotopic (exact) mass is 297 g/mol. The molecule has 5 heteroatoms. The molecule has 0 bridgehead atoms. The summed E-state index contributed by atoms with van der Waals surface area (Å²) in [5.41, 5.74) is 1.57. The summed E-state index contributed by atoms with van der Waals surface area (Å²) in [4.78, 5) is 17.0. The molecule has 0 aliphatic heterocycles. The fourth-order valence-corrected chi connectivity index (χ4v) is 1.75. The molecule has 1 atom stereocenters. The number of carbonyl (C=O) groups is 1. The van der Waals surface area contributed by atoms with E-state index in [9.17, 15) is 4.79 Å². The second-order valence-corrected chi connectivity index (χ2v) is 5.03. The summed E-state index contributed by atoms with van der Waals surface area (Å²) < 4.78 is 5.39. The predicted molar refractivity (Wildman–Crippen MR) is 79.9 cm³/mol. The zero-order chi connectivity index (χ0) is 15.1. The first-order chi connectivity index (χ1) is 9.51. The molecule has 0 heterocycles. The van der Waals surface area contributed by atoms with E-state index in [0.29, 0.717) is 5.56 Å². The molecule has 0 spiro atoms. The summed E-state index contributed by atoms with van der Waals surface area (Å²) in [7, 11) is 1.39. The molecule has 0 fully saturated rings. The van der Waals surface area contributed by atoms with E-state index in [-0.39, 0.29) is 23.6 Å². The van der Waals surface area contributed by atoms with E-state index in [1.807, 2.05) is 39.0 Å². The Morgan fingerprint density at radius 1 is 1.30 bits per heavy atom. The number of hydrogen-bond donors (Lipinski definition) is 0. The Hall–Kier alpha value is -1.55. The maximum absolute atomic E-state index is 12.2. The first-order valence-electron chi connectivity index (χ1n) is 6.47. The highest BCUT2D eigenvalue weighted by Gasteiger charge is 2.22. The molecule has 1 aromatic rings. The zero-order valence-electron chi connectivity index (χ0n) is 12.2. The van der Waals surface area contributed by atoms with Gasteiger partial charge >= 0.3 is 5.97 Å². The number of benzene rings is 1. The van der Waals surface area contributed by atoms with Gasteiger partial charge in [0.15, 0.2) is 5.71 Å². The summed E-state index contributed by atoms with van der Waals surface area (Å²) in [6.07, 6.45) is -0.201. The van der Waals surface area contributed by atoms with Crippen molar-refractivity contribution in [3.63, 3.8) is 0 Å². The third-order valence-electron chi connectivity index (χ3n) is 3.02. The summed E-state index contributed by atoms with van der Waals surface area (Å²) in [5.74, 6) is 0.00276. The predicted octanol–water partition coefficient (Wildman–Crippen LogP) is 3.36. The van der Waals surface area contributed by atoms with Crippen molar-refractivity contribution < 1.29 is 14.4 Å². The quantitative estimate of drug-likeness (QED) is 0.350. The molecule has 0 aliphatic carbocycles. The van der Waals surface area contributed by atoms with Gasteiger partial charge in [0.25, 0.3) is 0 Å². The van der Waals surface area contributed by atoms with Crippen molar-refractivity contribution in [3.05, 3.63) is 35.4 Å². The number of alkyl halides is 1. The standard InChI is InChI=1S/C15H20ClNO3/c1-10(2)11(3)20-15(18)14(17-19-4)13-8-6-5-7-12(13)9-16/h5-8,10-11H,9H2,1-4H3. The number of esters is 1. The van der Waals surface area contributed by atoms with Crippen molar-refractivity contribution in [3.8, 4) is 0 Å². The molecule has 110 valence electrons. The molecule has 0 saturated carbocycles. The molecular formula is C15H20ClNO3. The fourth-order valence-electron chi connectivity index (χ4n) is 1.52. The lowest BCUT2D eigenvalue weighted by atomic mass is 10.0. The maximum atomic E-state index is 12.2. The summed E-state index contributed by atoms with van der Waals surface area (Å²) in [5, 5.41) is 3.80. The van der Waals surface area contributed by atoms with Crippen LogP contribution in [0.4, 0.5) is 0 Å². The Balaban J connectivity index is 3.06. The number of nitrogens with zero attached hydrogens (tertiary/aromatic N) is 1. The second kappa shape index (κ2) is 7.90. The number of oxime groups is 1. The lowest BCUT2D eigenvalue weighted by molar-refractivity contribution is -0.141. The van der Waals surface area contributed by atoms with Crippen molar-refractivity contribution in [2.75, 3.05) is 7.11 Å². The summed E-state index contributed by atoms with van der Waals surface area (Å²) >= 11 is 5.89. The van der Waals surface area contributed by atoms with Crippen molar-refractivity contribution in [1.82, 2.24) is 0 Å². The van der Waals surface area contributed by atoms with Crippen LogP contribution in [0.5, 0.6) is 0 Å². The highest BCUT2D eigenvalue weighted by atomic mass is 35.5. The molecule has 20 heavy (non-hydrogen) atoms. The molecule has 1 rings (SSSR count). The Bertz CT molecular complexity index is 486. The number of rotatable bonds is 6. The molecule has 0 amide bonds. The minimum Gasteiger partial charge on any atom is -0.458 e. The van der Waals surface area contributed by atoms with Crippen LogP contribution in [0.1, 0.15) is 31.9 Å². The number of hydrogen-bond acceptors (Lipinski definition) is 4. The SMILES string of the molecule is CON=C(C(=O)OC(C)C(C)C)c1ccccc1CCl. The van der Waals surface area contributed by atoms with E-state index >= 15 is 0 Å². The third kappa shape index (κ3) is 4.23.